The van der Waals surface area contributed by atoms with Gasteiger partial charge >= 0.3 is 0 Å². The number of halogens is 2. The Morgan fingerprint density at radius 3 is 2.76 bits per heavy atom. The highest BCUT2D eigenvalue weighted by Crippen LogP contribution is 2.34. The molecule has 0 spiro atoms. The van der Waals surface area contributed by atoms with Crippen LogP contribution in [-0.2, 0) is 0 Å². The highest BCUT2D eigenvalue weighted by Gasteiger charge is 2.22. The van der Waals surface area contributed by atoms with Crippen LogP contribution in [0.15, 0.2) is 18.3 Å². The van der Waals surface area contributed by atoms with Crippen LogP contribution in [0.5, 0.6) is 0 Å². The van der Waals surface area contributed by atoms with Crippen molar-refractivity contribution in [3.8, 4) is 6.07 Å². The summed E-state index contributed by atoms with van der Waals surface area (Å²) in [5, 5.41) is 13.8. The van der Waals surface area contributed by atoms with Gasteiger partial charge in [0.25, 0.3) is 0 Å². The number of fused-ring (bicyclic) bond motifs is 1. The number of hydrogen-bond donors (Lipinski definition) is 1. The molecule has 2 heterocycles. The van der Waals surface area contributed by atoms with Crippen molar-refractivity contribution in [2.24, 2.45) is 5.92 Å². The van der Waals surface area contributed by atoms with Gasteiger partial charge in [-0.2, -0.15) is 5.26 Å². The van der Waals surface area contributed by atoms with Gasteiger partial charge in [-0.05, 0) is 30.9 Å². The van der Waals surface area contributed by atoms with Gasteiger partial charge in [0.15, 0.2) is 0 Å². The molecule has 1 fully saturated rings. The number of anilines is 1. The lowest BCUT2D eigenvalue weighted by molar-refractivity contribution is 0.198. The number of pyridine rings is 1. The number of hydrogen-bond acceptors (Lipinski definition) is 4. The lowest BCUT2D eigenvalue weighted by Gasteiger charge is -2.34. The van der Waals surface area contributed by atoms with Crippen LogP contribution in [0, 0.1) is 23.1 Å². The molecule has 0 amide bonds. The van der Waals surface area contributed by atoms with E-state index in [1.54, 1.807) is 0 Å². The summed E-state index contributed by atoms with van der Waals surface area (Å²) in [5.41, 5.74) is 1.19. The molecular formula is C19H22ClFN4. The predicted octanol–water partition coefficient (Wildman–Crippen LogP) is 4.43. The van der Waals surface area contributed by atoms with E-state index in [9.17, 15) is 9.65 Å². The quantitative estimate of drug-likeness (QED) is 0.876. The van der Waals surface area contributed by atoms with E-state index >= 15 is 0 Å². The van der Waals surface area contributed by atoms with Crippen molar-refractivity contribution in [3.63, 3.8) is 0 Å². The molecule has 25 heavy (non-hydrogen) atoms. The highest BCUT2D eigenvalue weighted by atomic mass is 35.5. The average Bonchev–Trinajstić information content (AvgIpc) is 2.59. The fourth-order valence-electron chi connectivity index (χ4n) is 3.45. The molecule has 0 saturated carbocycles. The van der Waals surface area contributed by atoms with Crippen LogP contribution in [0.4, 0.5) is 10.1 Å². The molecule has 0 radical (unpaired) electrons. The molecular weight excluding hydrogens is 339 g/mol. The normalized spacial score (nSPS) is 16.3. The van der Waals surface area contributed by atoms with Gasteiger partial charge in [0, 0.05) is 37.3 Å². The third-order valence-electron chi connectivity index (χ3n) is 4.60. The minimum Gasteiger partial charge on any atom is -0.381 e. The van der Waals surface area contributed by atoms with Crippen LogP contribution in [-0.4, -0.2) is 35.6 Å². The van der Waals surface area contributed by atoms with Crippen molar-refractivity contribution in [1.82, 2.24) is 9.88 Å². The molecule has 1 aromatic heterocycles. The second-order valence-electron chi connectivity index (χ2n) is 7.02. The van der Waals surface area contributed by atoms with Gasteiger partial charge in [0.1, 0.15) is 17.4 Å². The number of likely N-dealkylation sites (tertiary alicyclic amines) is 1. The SMILES string of the molecule is CC(C)CN1CCC(Nc2c(C#N)cnc3c(F)ccc(Cl)c23)CC1. The summed E-state index contributed by atoms with van der Waals surface area (Å²) >= 11 is 6.30. The maximum absolute atomic E-state index is 14.1. The minimum atomic E-state index is -0.432. The van der Waals surface area contributed by atoms with E-state index in [4.69, 9.17) is 11.6 Å². The number of nitriles is 1. The largest absolute Gasteiger partial charge is 0.381 e. The van der Waals surface area contributed by atoms with Crippen LogP contribution < -0.4 is 5.32 Å². The standard InChI is InChI=1S/C19H22ClFN4/c1-12(2)11-25-7-5-14(6-8-25)24-18-13(9-22)10-23-19-16(21)4-3-15(20)17(18)19/h3-4,10,12,14H,5-8,11H2,1-2H3,(H,23,24). The van der Waals surface area contributed by atoms with Gasteiger partial charge < -0.3 is 10.2 Å². The first-order valence-corrected chi connectivity index (χ1v) is 9.03. The topological polar surface area (TPSA) is 52.0 Å². The summed E-state index contributed by atoms with van der Waals surface area (Å²) in [6.07, 6.45) is 3.38. The smallest absolute Gasteiger partial charge is 0.149 e. The fraction of sp³-hybridized carbons (Fsp3) is 0.474. The van der Waals surface area contributed by atoms with E-state index in [-0.39, 0.29) is 11.6 Å². The molecule has 1 N–H and O–H groups in total. The van der Waals surface area contributed by atoms with Gasteiger partial charge in [-0.3, -0.25) is 4.98 Å². The van der Waals surface area contributed by atoms with Gasteiger partial charge in [-0.15, -0.1) is 0 Å². The average molecular weight is 361 g/mol. The van der Waals surface area contributed by atoms with E-state index in [2.05, 4.69) is 35.1 Å². The predicted molar refractivity (Wildman–Crippen MR) is 99.3 cm³/mol. The first-order chi connectivity index (χ1) is 12.0. The van der Waals surface area contributed by atoms with Crippen molar-refractivity contribution in [1.29, 1.82) is 5.26 Å². The van der Waals surface area contributed by atoms with Crippen molar-refractivity contribution in [3.05, 3.63) is 34.7 Å². The minimum absolute atomic E-state index is 0.200. The molecule has 1 saturated heterocycles. The Labute approximate surface area is 152 Å². The summed E-state index contributed by atoms with van der Waals surface area (Å²) in [7, 11) is 0. The number of rotatable bonds is 4. The molecule has 0 aliphatic carbocycles. The van der Waals surface area contributed by atoms with Crippen molar-refractivity contribution < 1.29 is 4.39 Å². The van der Waals surface area contributed by atoms with Gasteiger partial charge in [-0.1, -0.05) is 25.4 Å². The van der Waals surface area contributed by atoms with E-state index in [1.165, 1.54) is 18.3 Å². The van der Waals surface area contributed by atoms with Gasteiger partial charge in [-0.25, -0.2) is 4.39 Å². The van der Waals surface area contributed by atoms with Crippen LogP contribution in [0.2, 0.25) is 5.02 Å². The molecule has 0 atom stereocenters. The molecule has 0 unspecified atom stereocenters. The first kappa shape index (κ1) is 17.9. The lowest BCUT2D eigenvalue weighted by atomic mass is 10.0. The second kappa shape index (κ2) is 7.55. The molecule has 2 aromatic rings. The Balaban J connectivity index is 1.87. The molecule has 6 heteroatoms. The van der Waals surface area contributed by atoms with E-state index < -0.39 is 5.82 Å². The Hall–Kier alpha value is -1.90. The van der Waals surface area contributed by atoms with E-state index in [0.29, 0.717) is 27.6 Å². The Morgan fingerprint density at radius 2 is 2.12 bits per heavy atom. The number of nitrogens with one attached hydrogen (secondary N) is 1. The summed E-state index contributed by atoms with van der Waals surface area (Å²) in [6.45, 7) is 7.59. The Morgan fingerprint density at radius 1 is 1.40 bits per heavy atom. The molecule has 4 nitrogen and oxygen atoms in total. The molecule has 1 aliphatic heterocycles. The highest BCUT2D eigenvalue weighted by molar-refractivity contribution is 6.36. The van der Waals surface area contributed by atoms with E-state index in [0.717, 1.165) is 32.5 Å². The van der Waals surface area contributed by atoms with Crippen molar-refractivity contribution in [2.75, 3.05) is 25.0 Å². The van der Waals surface area contributed by atoms with Crippen LogP contribution in [0.1, 0.15) is 32.3 Å². The molecule has 1 aromatic carbocycles. The summed E-state index contributed by atoms with van der Waals surface area (Å²) in [5.74, 6) is 0.222. The Bertz CT molecular complexity index is 807. The number of nitrogens with zero attached hydrogens (tertiary/aromatic N) is 3. The maximum Gasteiger partial charge on any atom is 0.149 e. The zero-order valence-corrected chi connectivity index (χ0v) is 15.3. The number of piperidine rings is 1. The van der Waals surface area contributed by atoms with Gasteiger partial charge in [0.2, 0.25) is 0 Å². The Kier molecular flexibility index (Phi) is 5.41. The molecule has 0 bridgehead atoms. The third kappa shape index (κ3) is 3.86. The van der Waals surface area contributed by atoms with Crippen LogP contribution in [0.3, 0.4) is 0 Å². The zero-order chi connectivity index (χ0) is 18.0. The first-order valence-electron chi connectivity index (χ1n) is 8.65. The van der Waals surface area contributed by atoms with E-state index in [1.807, 2.05) is 0 Å². The molecule has 132 valence electrons. The van der Waals surface area contributed by atoms with Crippen LogP contribution in [0.25, 0.3) is 10.9 Å². The second-order valence-corrected chi connectivity index (χ2v) is 7.43. The fourth-order valence-corrected chi connectivity index (χ4v) is 3.70. The lowest BCUT2D eigenvalue weighted by Crippen LogP contribution is -2.40. The van der Waals surface area contributed by atoms with Gasteiger partial charge in [0.05, 0.1) is 16.3 Å². The monoisotopic (exact) mass is 360 g/mol. The van der Waals surface area contributed by atoms with Crippen LogP contribution >= 0.6 is 11.6 Å². The van der Waals surface area contributed by atoms with Crippen molar-refractivity contribution in [2.45, 2.75) is 32.7 Å². The van der Waals surface area contributed by atoms with Crippen molar-refractivity contribution >= 4 is 28.2 Å². The molecule has 1 aliphatic rings. The zero-order valence-electron chi connectivity index (χ0n) is 14.5. The number of benzene rings is 1. The summed E-state index contributed by atoms with van der Waals surface area (Å²) in [4.78, 5) is 6.54. The molecule has 3 rings (SSSR count). The third-order valence-corrected chi connectivity index (χ3v) is 4.91. The number of aromatic nitrogens is 1. The maximum atomic E-state index is 14.1. The summed E-state index contributed by atoms with van der Waals surface area (Å²) < 4.78 is 14.1. The summed E-state index contributed by atoms with van der Waals surface area (Å²) in [6, 6.07) is 5.19.